The molecule has 10 heavy (non-hydrogen) atoms. The average Bonchev–Trinajstić information content (AvgIpc) is 1.89. The fourth-order valence-corrected chi connectivity index (χ4v) is 0.558. The topological polar surface area (TPSA) is 46.2 Å². The fraction of sp³-hybridized carbons (Fsp3) is 0.714. The highest BCUT2D eigenvalue weighted by molar-refractivity contribution is 5.85. The summed E-state index contributed by atoms with van der Waals surface area (Å²) in [5.74, 6) is 2.51. The van der Waals surface area contributed by atoms with Gasteiger partial charge >= 0.3 is 0 Å². The second-order valence-electron chi connectivity index (χ2n) is 2.04. The van der Waals surface area contributed by atoms with Crippen molar-refractivity contribution in [2.24, 2.45) is 5.73 Å². The van der Waals surface area contributed by atoms with E-state index in [1.807, 2.05) is 0 Å². The van der Waals surface area contributed by atoms with Crippen LogP contribution in [0.3, 0.4) is 0 Å². The summed E-state index contributed by atoms with van der Waals surface area (Å²) in [6.45, 7) is 0.0601. The van der Waals surface area contributed by atoms with Crippen LogP contribution in [-0.2, 0) is 0 Å². The Morgan fingerprint density at radius 1 is 1.60 bits per heavy atom. The molecule has 0 rings (SSSR count). The third-order valence-corrected chi connectivity index (χ3v) is 1.13. The van der Waals surface area contributed by atoms with Crippen LogP contribution in [0.4, 0.5) is 0 Å². The minimum Gasteiger partial charge on any atom is -0.395 e. The van der Waals surface area contributed by atoms with Crippen molar-refractivity contribution in [3.8, 4) is 12.3 Å². The Balaban J connectivity index is 0. The molecule has 0 aromatic rings. The molecule has 0 radical (unpaired) electrons. The summed E-state index contributed by atoms with van der Waals surface area (Å²) in [4.78, 5) is 0. The Morgan fingerprint density at radius 3 is 2.60 bits per heavy atom. The monoisotopic (exact) mass is 163 g/mol. The Morgan fingerprint density at radius 2 is 2.20 bits per heavy atom. The summed E-state index contributed by atoms with van der Waals surface area (Å²) in [5, 5.41) is 8.46. The number of unbranched alkanes of at least 4 members (excludes halogenated alkanes) is 1. The molecule has 0 fully saturated rings. The highest BCUT2D eigenvalue weighted by Crippen LogP contribution is 1.95. The van der Waals surface area contributed by atoms with E-state index in [9.17, 15) is 0 Å². The summed E-state index contributed by atoms with van der Waals surface area (Å²) in [5.41, 5.74) is 5.40. The van der Waals surface area contributed by atoms with Crippen LogP contribution in [0.1, 0.15) is 19.3 Å². The molecule has 0 aromatic carbocycles. The predicted molar refractivity (Wildman–Crippen MR) is 45.0 cm³/mol. The molecule has 3 heteroatoms. The number of aliphatic hydroxyl groups excluding tert-OH is 1. The van der Waals surface area contributed by atoms with Gasteiger partial charge in [0.2, 0.25) is 0 Å². The average molecular weight is 164 g/mol. The number of hydrogen-bond acceptors (Lipinski definition) is 2. The van der Waals surface area contributed by atoms with Gasteiger partial charge in [0, 0.05) is 12.5 Å². The van der Waals surface area contributed by atoms with Crippen molar-refractivity contribution < 1.29 is 5.11 Å². The molecule has 0 saturated carbocycles. The molecule has 1 atom stereocenters. The van der Waals surface area contributed by atoms with Gasteiger partial charge in [-0.15, -0.1) is 24.8 Å². The molecule has 0 aliphatic carbocycles. The van der Waals surface area contributed by atoms with Gasteiger partial charge in [-0.05, 0) is 12.8 Å². The molecule has 0 aromatic heterocycles. The van der Waals surface area contributed by atoms with Crippen molar-refractivity contribution in [3.05, 3.63) is 0 Å². The second kappa shape index (κ2) is 8.77. The maximum absolute atomic E-state index is 8.46. The van der Waals surface area contributed by atoms with Crippen LogP contribution in [0.5, 0.6) is 0 Å². The van der Waals surface area contributed by atoms with Crippen LogP contribution in [0.15, 0.2) is 0 Å². The van der Waals surface area contributed by atoms with E-state index in [1.165, 1.54) is 0 Å². The number of hydrogen-bond donors (Lipinski definition) is 2. The van der Waals surface area contributed by atoms with E-state index in [1.54, 1.807) is 0 Å². The first-order valence-corrected chi connectivity index (χ1v) is 3.11. The maximum atomic E-state index is 8.46. The van der Waals surface area contributed by atoms with E-state index < -0.39 is 0 Å². The number of rotatable bonds is 4. The molecule has 2 nitrogen and oxygen atoms in total. The number of aliphatic hydroxyl groups is 1. The highest BCUT2D eigenvalue weighted by atomic mass is 35.5. The molecule has 0 bridgehead atoms. The first-order valence-electron chi connectivity index (χ1n) is 3.11. The van der Waals surface area contributed by atoms with Crippen LogP contribution >= 0.6 is 12.4 Å². The summed E-state index contributed by atoms with van der Waals surface area (Å²) < 4.78 is 0. The molecule has 60 valence electrons. The lowest BCUT2D eigenvalue weighted by molar-refractivity contribution is 0.258. The lowest BCUT2D eigenvalue weighted by Crippen LogP contribution is -2.23. The molecule has 0 unspecified atom stereocenters. The van der Waals surface area contributed by atoms with Crippen LogP contribution < -0.4 is 5.73 Å². The highest BCUT2D eigenvalue weighted by Gasteiger charge is 1.96. The fourth-order valence-electron chi connectivity index (χ4n) is 0.558. The van der Waals surface area contributed by atoms with Gasteiger partial charge in [0.15, 0.2) is 0 Å². The van der Waals surface area contributed by atoms with Crippen LogP contribution in [0.25, 0.3) is 0 Å². The van der Waals surface area contributed by atoms with Gasteiger partial charge in [-0.3, -0.25) is 0 Å². The molecule has 0 aliphatic heterocycles. The normalized spacial score (nSPS) is 11.3. The van der Waals surface area contributed by atoms with Gasteiger partial charge in [0.1, 0.15) is 0 Å². The lowest BCUT2D eigenvalue weighted by atomic mass is 10.1. The SMILES string of the molecule is C#CCCC[C@H](N)CO.Cl. The molecule has 0 saturated heterocycles. The standard InChI is InChI=1S/C7H13NO.ClH/c1-2-3-4-5-7(8)6-9;/h1,7,9H,3-6,8H2;1H/t7-;/m0./s1. The van der Waals surface area contributed by atoms with Crippen LogP contribution in [-0.4, -0.2) is 17.8 Å². The Kier molecular flexibility index (Phi) is 10.9. The van der Waals surface area contributed by atoms with Crippen molar-refractivity contribution in [2.45, 2.75) is 25.3 Å². The third kappa shape index (κ3) is 7.77. The minimum absolute atomic E-state index is 0. The zero-order chi connectivity index (χ0) is 7.11. The first kappa shape index (κ1) is 12.4. The predicted octanol–water partition coefficient (Wildman–Crippen LogP) is 0.531. The van der Waals surface area contributed by atoms with Gasteiger partial charge < -0.3 is 10.8 Å². The molecule has 0 amide bonds. The summed E-state index contributed by atoms with van der Waals surface area (Å²) in [6, 6.07) is -0.0849. The molecular weight excluding hydrogens is 150 g/mol. The zero-order valence-electron chi connectivity index (χ0n) is 5.92. The third-order valence-electron chi connectivity index (χ3n) is 1.13. The summed E-state index contributed by atoms with van der Waals surface area (Å²) in [6.07, 6.45) is 7.50. The molecule has 0 spiro atoms. The van der Waals surface area contributed by atoms with Gasteiger partial charge in [-0.2, -0.15) is 0 Å². The van der Waals surface area contributed by atoms with Crippen molar-refractivity contribution in [2.75, 3.05) is 6.61 Å². The van der Waals surface area contributed by atoms with Crippen molar-refractivity contribution in [1.82, 2.24) is 0 Å². The van der Waals surface area contributed by atoms with E-state index in [2.05, 4.69) is 5.92 Å². The van der Waals surface area contributed by atoms with Crippen LogP contribution in [0, 0.1) is 12.3 Å². The molecule has 3 N–H and O–H groups in total. The quantitative estimate of drug-likeness (QED) is 0.469. The van der Waals surface area contributed by atoms with E-state index in [0.29, 0.717) is 0 Å². The second-order valence-corrected chi connectivity index (χ2v) is 2.04. The van der Waals surface area contributed by atoms with Crippen LogP contribution in [0.2, 0.25) is 0 Å². The van der Waals surface area contributed by atoms with E-state index in [0.717, 1.165) is 19.3 Å². The van der Waals surface area contributed by atoms with Gasteiger partial charge in [0.05, 0.1) is 6.61 Å². The van der Waals surface area contributed by atoms with Crippen molar-refractivity contribution >= 4 is 12.4 Å². The van der Waals surface area contributed by atoms with Crippen molar-refractivity contribution in [3.63, 3.8) is 0 Å². The van der Waals surface area contributed by atoms with E-state index in [-0.39, 0.29) is 25.1 Å². The maximum Gasteiger partial charge on any atom is 0.0582 e. The largest absolute Gasteiger partial charge is 0.395 e. The Labute approximate surface area is 68.2 Å². The Bertz CT molecular complexity index is 100. The van der Waals surface area contributed by atoms with Gasteiger partial charge in [-0.25, -0.2) is 0 Å². The van der Waals surface area contributed by atoms with Gasteiger partial charge in [-0.1, -0.05) is 0 Å². The van der Waals surface area contributed by atoms with E-state index >= 15 is 0 Å². The summed E-state index contributed by atoms with van der Waals surface area (Å²) >= 11 is 0. The minimum atomic E-state index is -0.0849. The number of terminal acetylenes is 1. The lowest BCUT2D eigenvalue weighted by Gasteiger charge is -2.03. The molecule has 0 heterocycles. The molecular formula is C7H14ClNO. The molecule has 0 aliphatic rings. The Hall–Kier alpha value is -0.230. The number of nitrogens with two attached hydrogens (primary N) is 1. The number of halogens is 1. The van der Waals surface area contributed by atoms with E-state index in [4.69, 9.17) is 17.3 Å². The smallest absolute Gasteiger partial charge is 0.0582 e. The zero-order valence-corrected chi connectivity index (χ0v) is 6.73. The summed E-state index contributed by atoms with van der Waals surface area (Å²) in [7, 11) is 0. The van der Waals surface area contributed by atoms with Crippen molar-refractivity contribution in [1.29, 1.82) is 0 Å². The van der Waals surface area contributed by atoms with Gasteiger partial charge in [0.25, 0.3) is 0 Å². The first-order chi connectivity index (χ1) is 4.31.